The van der Waals surface area contributed by atoms with Gasteiger partial charge in [0.05, 0.1) is 36.9 Å². The molecule has 0 aromatic carbocycles. The van der Waals surface area contributed by atoms with Gasteiger partial charge in [-0.25, -0.2) is 9.50 Å². The van der Waals surface area contributed by atoms with Crippen LogP contribution < -0.4 is 0 Å². The molecule has 1 aliphatic rings. The first-order chi connectivity index (χ1) is 12.3. The van der Waals surface area contributed by atoms with Crippen LogP contribution in [0.15, 0.2) is 43.0 Å². The fourth-order valence-corrected chi connectivity index (χ4v) is 3.05. The van der Waals surface area contributed by atoms with Crippen LogP contribution >= 0.6 is 0 Å². The van der Waals surface area contributed by atoms with E-state index in [0.717, 1.165) is 17.8 Å². The molecule has 1 aliphatic heterocycles. The maximum absolute atomic E-state index is 12.7. The van der Waals surface area contributed by atoms with Crippen molar-refractivity contribution in [2.45, 2.75) is 6.42 Å². The Kier molecular flexibility index (Phi) is 4.34. The molecule has 8 heteroatoms. The summed E-state index contributed by atoms with van der Waals surface area (Å²) in [7, 11) is 0. The lowest BCUT2D eigenvalue weighted by molar-refractivity contribution is 0.0736. The molecule has 0 saturated carbocycles. The van der Waals surface area contributed by atoms with Crippen LogP contribution in [-0.2, 0) is 11.2 Å². The van der Waals surface area contributed by atoms with Gasteiger partial charge in [0, 0.05) is 31.4 Å². The largest absolute Gasteiger partial charge is 0.379 e. The first kappa shape index (κ1) is 15.6. The highest BCUT2D eigenvalue weighted by Crippen LogP contribution is 2.15. The molecule has 0 unspecified atom stereocenters. The van der Waals surface area contributed by atoms with Crippen LogP contribution in [0.4, 0.5) is 0 Å². The molecule has 0 N–H and O–H groups in total. The lowest BCUT2D eigenvalue weighted by Gasteiger charge is -2.23. The Morgan fingerprint density at radius 1 is 1.24 bits per heavy atom. The van der Waals surface area contributed by atoms with E-state index in [0.29, 0.717) is 31.9 Å². The Bertz CT molecular complexity index is 866. The summed E-state index contributed by atoms with van der Waals surface area (Å²) in [5.41, 5.74) is 2.33. The second-order valence-corrected chi connectivity index (χ2v) is 6.08. The van der Waals surface area contributed by atoms with E-state index in [1.165, 1.54) is 12.4 Å². The van der Waals surface area contributed by atoms with Gasteiger partial charge in [-0.2, -0.15) is 15.3 Å². The summed E-state index contributed by atoms with van der Waals surface area (Å²) in [5.74, 6) is 0.151. The summed E-state index contributed by atoms with van der Waals surface area (Å²) in [6.07, 6.45) is 7.33. The number of rotatable bonds is 3. The second-order valence-electron chi connectivity index (χ2n) is 6.08. The van der Waals surface area contributed by atoms with E-state index in [1.807, 2.05) is 23.2 Å². The molecule has 3 aromatic heterocycles. The summed E-state index contributed by atoms with van der Waals surface area (Å²) in [6.45, 7) is 2.35. The van der Waals surface area contributed by atoms with E-state index in [2.05, 4.69) is 20.3 Å². The zero-order chi connectivity index (χ0) is 17.1. The molecule has 4 heterocycles. The molecular formula is C17H18N6O2. The predicted octanol–water partition coefficient (Wildman–Crippen LogP) is 0.851. The Balaban J connectivity index is 1.48. The molecule has 0 spiro atoms. The van der Waals surface area contributed by atoms with Crippen LogP contribution in [0.2, 0.25) is 0 Å². The van der Waals surface area contributed by atoms with Gasteiger partial charge in [-0.15, -0.1) is 0 Å². The number of fused-ring (bicyclic) bond motifs is 1. The summed E-state index contributed by atoms with van der Waals surface area (Å²) in [5, 5.41) is 12.1. The van der Waals surface area contributed by atoms with Crippen LogP contribution in [0, 0.1) is 5.92 Å². The first-order valence-corrected chi connectivity index (χ1v) is 8.22. The number of hydrogen-bond donors (Lipinski definition) is 0. The number of nitrogens with zero attached hydrogens (tertiary/aromatic N) is 6. The topological polar surface area (TPSA) is 85.5 Å². The van der Waals surface area contributed by atoms with E-state index >= 15 is 0 Å². The monoisotopic (exact) mass is 338 g/mol. The number of amides is 1. The zero-order valence-corrected chi connectivity index (χ0v) is 13.7. The molecule has 4 rings (SSSR count). The van der Waals surface area contributed by atoms with Crippen molar-refractivity contribution >= 4 is 11.6 Å². The molecule has 1 fully saturated rings. The Hall–Kier alpha value is -2.87. The van der Waals surface area contributed by atoms with Gasteiger partial charge in [-0.1, -0.05) is 0 Å². The normalized spacial score (nSPS) is 18.2. The predicted molar refractivity (Wildman–Crippen MR) is 88.9 cm³/mol. The zero-order valence-electron chi connectivity index (χ0n) is 13.7. The van der Waals surface area contributed by atoms with Gasteiger partial charge in [0.1, 0.15) is 0 Å². The SMILES string of the molecule is O=C(c1ccnnc1)N1CCOC[C@@H](Cc2ccc3nccn3n2)C1. The van der Waals surface area contributed by atoms with Crippen LogP contribution in [0.3, 0.4) is 0 Å². The molecular weight excluding hydrogens is 320 g/mol. The maximum Gasteiger partial charge on any atom is 0.255 e. The molecule has 1 atom stereocenters. The van der Waals surface area contributed by atoms with Gasteiger partial charge in [0.15, 0.2) is 5.65 Å². The molecule has 0 radical (unpaired) electrons. The number of ether oxygens (including phenoxy) is 1. The van der Waals surface area contributed by atoms with Crippen LogP contribution in [0.25, 0.3) is 5.65 Å². The second kappa shape index (κ2) is 6.94. The van der Waals surface area contributed by atoms with Crippen molar-refractivity contribution in [3.8, 4) is 0 Å². The number of hydrogen-bond acceptors (Lipinski definition) is 6. The quantitative estimate of drug-likeness (QED) is 0.704. The smallest absolute Gasteiger partial charge is 0.255 e. The fraction of sp³-hybridized carbons (Fsp3) is 0.353. The van der Waals surface area contributed by atoms with Gasteiger partial charge in [0.2, 0.25) is 0 Å². The van der Waals surface area contributed by atoms with Gasteiger partial charge in [-0.3, -0.25) is 4.79 Å². The first-order valence-electron chi connectivity index (χ1n) is 8.22. The van der Waals surface area contributed by atoms with Crippen molar-refractivity contribution in [2.24, 2.45) is 5.92 Å². The minimum atomic E-state index is -0.0385. The van der Waals surface area contributed by atoms with Crippen LogP contribution in [-0.4, -0.2) is 61.9 Å². The Morgan fingerprint density at radius 2 is 2.20 bits per heavy atom. The molecule has 1 saturated heterocycles. The van der Waals surface area contributed by atoms with E-state index in [-0.39, 0.29) is 11.8 Å². The molecule has 25 heavy (non-hydrogen) atoms. The summed E-state index contributed by atoms with van der Waals surface area (Å²) in [6, 6.07) is 5.61. The number of imidazole rings is 1. The molecule has 0 aliphatic carbocycles. The van der Waals surface area contributed by atoms with Crippen molar-refractivity contribution in [2.75, 3.05) is 26.3 Å². The van der Waals surface area contributed by atoms with E-state index in [1.54, 1.807) is 16.8 Å². The van der Waals surface area contributed by atoms with Gasteiger partial charge in [0.25, 0.3) is 5.91 Å². The molecule has 0 bridgehead atoms. The van der Waals surface area contributed by atoms with Gasteiger partial charge < -0.3 is 9.64 Å². The lowest BCUT2D eigenvalue weighted by Crippen LogP contribution is -2.36. The van der Waals surface area contributed by atoms with Crippen molar-refractivity contribution < 1.29 is 9.53 Å². The standard InChI is InChI=1S/C17H18N6O2/c24-17(14-3-4-19-20-10-14)22-7-8-25-12-13(11-22)9-15-1-2-16-18-5-6-23(16)21-15/h1-6,10,13H,7-9,11-12H2/t13-/m0/s1. The van der Waals surface area contributed by atoms with Gasteiger partial charge >= 0.3 is 0 Å². The highest BCUT2D eigenvalue weighted by atomic mass is 16.5. The third-order valence-corrected chi connectivity index (χ3v) is 4.26. The van der Waals surface area contributed by atoms with Gasteiger partial charge in [-0.05, 0) is 24.6 Å². The third-order valence-electron chi connectivity index (χ3n) is 4.26. The van der Waals surface area contributed by atoms with E-state index in [9.17, 15) is 4.79 Å². The van der Waals surface area contributed by atoms with Crippen molar-refractivity contribution in [3.63, 3.8) is 0 Å². The summed E-state index contributed by atoms with van der Waals surface area (Å²) in [4.78, 5) is 18.7. The summed E-state index contributed by atoms with van der Waals surface area (Å²) >= 11 is 0. The van der Waals surface area contributed by atoms with E-state index < -0.39 is 0 Å². The average molecular weight is 338 g/mol. The highest BCUT2D eigenvalue weighted by molar-refractivity contribution is 5.93. The minimum Gasteiger partial charge on any atom is -0.379 e. The molecule has 1 amide bonds. The van der Waals surface area contributed by atoms with E-state index in [4.69, 9.17) is 4.74 Å². The van der Waals surface area contributed by atoms with Crippen molar-refractivity contribution in [3.05, 3.63) is 54.2 Å². The fourth-order valence-electron chi connectivity index (χ4n) is 3.05. The average Bonchev–Trinajstić information content (AvgIpc) is 2.99. The minimum absolute atomic E-state index is 0.0385. The molecule has 8 nitrogen and oxygen atoms in total. The van der Waals surface area contributed by atoms with Crippen molar-refractivity contribution in [1.82, 2.24) is 29.7 Å². The Morgan fingerprint density at radius 3 is 3.08 bits per heavy atom. The highest BCUT2D eigenvalue weighted by Gasteiger charge is 2.24. The third kappa shape index (κ3) is 3.48. The number of carbonyl (C=O) groups excluding carboxylic acids is 1. The number of aromatic nitrogens is 5. The lowest BCUT2D eigenvalue weighted by atomic mass is 10.0. The van der Waals surface area contributed by atoms with Crippen molar-refractivity contribution in [1.29, 1.82) is 0 Å². The molecule has 3 aromatic rings. The maximum atomic E-state index is 12.7. The summed E-state index contributed by atoms with van der Waals surface area (Å²) < 4.78 is 7.46. The Labute approximate surface area is 144 Å². The van der Waals surface area contributed by atoms with Crippen LogP contribution in [0.1, 0.15) is 16.1 Å². The number of carbonyl (C=O) groups is 1. The van der Waals surface area contributed by atoms with Crippen LogP contribution in [0.5, 0.6) is 0 Å². The molecule has 128 valence electrons.